The van der Waals surface area contributed by atoms with Gasteiger partial charge in [0.25, 0.3) is 0 Å². The van der Waals surface area contributed by atoms with Gasteiger partial charge in [-0.15, -0.1) is 0 Å². The molecular weight excluding hydrogens is 216 g/mol. The van der Waals surface area contributed by atoms with Gasteiger partial charge in [-0.3, -0.25) is 4.79 Å². The molecule has 0 bridgehead atoms. The first-order chi connectivity index (χ1) is 7.63. The second-order valence-corrected chi connectivity index (χ2v) is 2.92. The summed E-state index contributed by atoms with van der Waals surface area (Å²) in [4.78, 5) is 11.0. The van der Waals surface area contributed by atoms with Gasteiger partial charge in [-0.1, -0.05) is 0 Å². The highest BCUT2D eigenvalue weighted by molar-refractivity contribution is 5.80. The minimum atomic E-state index is -0.984. The standard InChI is InChI=1S/C10H9F2N3O/c11-8-2-1-7(5-9(8)12)15-6-10(16)14-4-3-13/h1-2,5,15H,4,6H2,(H,14,16). The molecule has 4 nitrogen and oxygen atoms in total. The third-order valence-electron chi connectivity index (χ3n) is 1.74. The molecule has 16 heavy (non-hydrogen) atoms. The second-order valence-electron chi connectivity index (χ2n) is 2.92. The number of rotatable bonds is 4. The van der Waals surface area contributed by atoms with Crippen LogP contribution in [0.2, 0.25) is 0 Å². The smallest absolute Gasteiger partial charge is 0.240 e. The first-order valence-corrected chi connectivity index (χ1v) is 4.46. The van der Waals surface area contributed by atoms with E-state index in [9.17, 15) is 13.6 Å². The van der Waals surface area contributed by atoms with Crippen molar-refractivity contribution >= 4 is 11.6 Å². The van der Waals surface area contributed by atoms with Crippen LogP contribution in [0.15, 0.2) is 18.2 Å². The Labute approximate surface area is 90.9 Å². The third kappa shape index (κ3) is 3.53. The Bertz CT molecular complexity index is 429. The molecule has 0 saturated heterocycles. The summed E-state index contributed by atoms with van der Waals surface area (Å²) < 4.78 is 25.3. The Kier molecular flexibility index (Phi) is 4.21. The number of nitrogens with zero attached hydrogens (tertiary/aromatic N) is 1. The molecule has 1 aromatic rings. The summed E-state index contributed by atoms with van der Waals surface area (Å²) >= 11 is 0. The Morgan fingerprint density at radius 1 is 1.38 bits per heavy atom. The van der Waals surface area contributed by atoms with Crippen molar-refractivity contribution in [2.45, 2.75) is 0 Å². The lowest BCUT2D eigenvalue weighted by atomic mass is 10.3. The molecule has 0 aromatic heterocycles. The van der Waals surface area contributed by atoms with Gasteiger partial charge in [0.1, 0.15) is 6.54 Å². The van der Waals surface area contributed by atoms with Gasteiger partial charge in [-0.05, 0) is 12.1 Å². The van der Waals surface area contributed by atoms with Crippen LogP contribution in [0.5, 0.6) is 0 Å². The Hall–Kier alpha value is -2.16. The van der Waals surface area contributed by atoms with Crippen LogP contribution < -0.4 is 10.6 Å². The number of nitriles is 1. The summed E-state index contributed by atoms with van der Waals surface area (Å²) in [6.07, 6.45) is 0. The van der Waals surface area contributed by atoms with E-state index in [2.05, 4.69) is 10.6 Å². The van der Waals surface area contributed by atoms with Gasteiger partial charge in [0.15, 0.2) is 11.6 Å². The third-order valence-corrected chi connectivity index (χ3v) is 1.74. The van der Waals surface area contributed by atoms with E-state index < -0.39 is 17.5 Å². The van der Waals surface area contributed by atoms with E-state index in [1.165, 1.54) is 6.07 Å². The predicted molar refractivity (Wildman–Crippen MR) is 53.5 cm³/mol. The van der Waals surface area contributed by atoms with E-state index >= 15 is 0 Å². The summed E-state index contributed by atoms with van der Waals surface area (Å²) in [5.74, 6) is -2.33. The summed E-state index contributed by atoms with van der Waals surface area (Å²) in [7, 11) is 0. The Morgan fingerprint density at radius 2 is 2.12 bits per heavy atom. The van der Waals surface area contributed by atoms with E-state index in [0.29, 0.717) is 5.69 Å². The second kappa shape index (κ2) is 5.66. The van der Waals surface area contributed by atoms with E-state index in [0.717, 1.165) is 12.1 Å². The summed E-state index contributed by atoms with van der Waals surface area (Å²) in [6, 6.07) is 4.97. The fourth-order valence-corrected chi connectivity index (χ4v) is 0.989. The highest BCUT2D eigenvalue weighted by atomic mass is 19.2. The van der Waals surface area contributed by atoms with Crippen LogP contribution in [0.1, 0.15) is 0 Å². The van der Waals surface area contributed by atoms with Crippen molar-refractivity contribution in [2.24, 2.45) is 0 Å². The molecule has 1 rings (SSSR count). The minimum absolute atomic E-state index is 0.0850. The average Bonchev–Trinajstić information content (AvgIpc) is 2.28. The molecule has 0 fully saturated rings. The molecule has 6 heteroatoms. The Morgan fingerprint density at radius 3 is 2.75 bits per heavy atom. The average molecular weight is 225 g/mol. The number of nitrogens with one attached hydrogen (secondary N) is 2. The van der Waals surface area contributed by atoms with Crippen LogP contribution in [0.25, 0.3) is 0 Å². The normalized spacial score (nSPS) is 9.31. The molecule has 0 spiro atoms. The molecule has 0 saturated carbocycles. The zero-order chi connectivity index (χ0) is 12.0. The van der Waals surface area contributed by atoms with E-state index in [4.69, 9.17) is 5.26 Å². The van der Waals surface area contributed by atoms with Crippen LogP contribution in [-0.2, 0) is 4.79 Å². The van der Waals surface area contributed by atoms with Gasteiger partial charge in [0.2, 0.25) is 5.91 Å². The zero-order valence-corrected chi connectivity index (χ0v) is 8.26. The number of anilines is 1. The number of carbonyl (C=O) groups excluding carboxylic acids is 1. The molecule has 0 heterocycles. The number of hydrogen-bond donors (Lipinski definition) is 2. The van der Waals surface area contributed by atoms with Crippen molar-refractivity contribution in [2.75, 3.05) is 18.4 Å². The van der Waals surface area contributed by atoms with Crippen molar-refractivity contribution in [3.05, 3.63) is 29.8 Å². The van der Waals surface area contributed by atoms with Crippen molar-refractivity contribution < 1.29 is 13.6 Å². The zero-order valence-electron chi connectivity index (χ0n) is 8.26. The van der Waals surface area contributed by atoms with Crippen molar-refractivity contribution in [1.82, 2.24) is 5.32 Å². The van der Waals surface area contributed by atoms with Crippen molar-refractivity contribution in [3.63, 3.8) is 0 Å². The number of halogens is 2. The van der Waals surface area contributed by atoms with Gasteiger partial charge in [0, 0.05) is 11.8 Å². The first-order valence-electron chi connectivity index (χ1n) is 4.46. The molecule has 0 atom stereocenters. The summed E-state index contributed by atoms with van der Waals surface area (Å²) in [5.41, 5.74) is 0.297. The minimum Gasteiger partial charge on any atom is -0.376 e. The summed E-state index contributed by atoms with van der Waals surface area (Å²) in [5, 5.41) is 13.1. The molecule has 1 amide bonds. The van der Waals surface area contributed by atoms with Crippen LogP contribution in [0.3, 0.4) is 0 Å². The number of carbonyl (C=O) groups is 1. The fourth-order valence-electron chi connectivity index (χ4n) is 0.989. The van der Waals surface area contributed by atoms with Crippen LogP contribution in [0, 0.1) is 23.0 Å². The lowest BCUT2D eigenvalue weighted by molar-refractivity contribution is -0.119. The van der Waals surface area contributed by atoms with Crippen molar-refractivity contribution in [3.8, 4) is 6.07 Å². The van der Waals surface area contributed by atoms with Gasteiger partial charge in [-0.25, -0.2) is 8.78 Å². The quantitative estimate of drug-likeness (QED) is 0.752. The molecule has 84 valence electrons. The first kappa shape index (κ1) is 11.9. The maximum Gasteiger partial charge on any atom is 0.240 e. The molecule has 1 aromatic carbocycles. The molecule has 0 radical (unpaired) electrons. The largest absolute Gasteiger partial charge is 0.376 e. The topological polar surface area (TPSA) is 64.9 Å². The van der Waals surface area contributed by atoms with Crippen molar-refractivity contribution in [1.29, 1.82) is 5.26 Å². The molecular formula is C10H9F2N3O. The summed E-state index contributed by atoms with van der Waals surface area (Å²) in [6.45, 7) is -0.189. The van der Waals surface area contributed by atoms with Gasteiger partial charge in [-0.2, -0.15) is 5.26 Å². The van der Waals surface area contributed by atoms with E-state index in [-0.39, 0.29) is 13.1 Å². The van der Waals surface area contributed by atoms with E-state index in [1.54, 1.807) is 6.07 Å². The Balaban J connectivity index is 2.46. The molecule has 2 N–H and O–H groups in total. The number of amides is 1. The predicted octanol–water partition coefficient (Wildman–Crippen LogP) is 1.02. The lowest BCUT2D eigenvalue weighted by Crippen LogP contribution is -2.30. The fraction of sp³-hybridized carbons (Fsp3) is 0.200. The van der Waals surface area contributed by atoms with E-state index in [1.807, 2.05) is 0 Å². The number of benzene rings is 1. The SMILES string of the molecule is N#CCNC(=O)CNc1ccc(F)c(F)c1. The molecule has 0 aliphatic carbocycles. The van der Waals surface area contributed by atoms with Gasteiger partial charge < -0.3 is 10.6 Å². The van der Waals surface area contributed by atoms with Crippen LogP contribution in [-0.4, -0.2) is 19.0 Å². The lowest BCUT2D eigenvalue weighted by Gasteiger charge is -2.05. The highest BCUT2D eigenvalue weighted by Gasteiger charge is 2.03. The molecule has 0 aliphatic heterocycles. The monoisotopic (exact) mass is 225 g/mol. The van der Waals surface area contributed by atoms with Gasteiger partial charge >= 0.3 is 0 Å². The maximum absolute atomic E-state index is 12.7. The van der Waals surface area contributed by atoms with Crippen LogP contribution >= 0.6 is 0 Å². The van der Waals surface area contributed by atoms with Crippen LogP contribution in [0.4, 0.5) is 14.5 Å². The highest BCUT2D eigenvalue weighted by Crippen LogP contribution is 2.12. The molecule has 0 aliphatic rings. The number of hydrogen-bond acceptors (Lipinski definition) is 3. The van der Waals surface area contributed by atoms with Gasteiger partial charge in [0.05, 0.1) is 12.6 Å². The maximum atomic E-state index is 12.7. The molecule has 0 unspecified atom stereocenters.